The van der Waals surface area contributed by atoms with Crippen molar-refractivity contribution in [3.8, 4) is 11.3 Å². The van der Waals surface area contributed by atoms with Gasteiger partial charge < -0.3 is 0 Å². The molecule has 0 saturated heterocycles. The Morgan fingerprint density at radius 2 is 1.25 bits per heavy atom. The molecule has 0 aliphatic heterocycles. The molecule has 0 aliphatic rings. The van der Waals surface area contributed by atoms with Crippen molar-refractivity contribution >= 4 is 0 Å². The molecule has 1 heteroatoms. The monoisotopic (exact) mass is 215 g/mol. The molecule has 16 heavy (non-hydrogen) atoms. The second kappa shape index (κ2) is 9.91. The maximum atomic E-state index is 4.25. The number of rotatable bonds is 1. The molecule has 0 bridgehead atoms. The molecule has 0 saturated carbocycles. The highest BCUT2D eigenvalue weighted by atomic mass is 14.7. The quantitative estimate of drug-likeness (QED) is 0.665. The molecule has 1 heterocycles. The van der Waals surface area contributed by atoms with Crippen molar-refractivity contribution in [3.05, 3.63) is 54.7 Å². The van der Waals surface area contributed by atoms with Gasteiger partial charge in [0.05, 0.1) is 5.69 Å². The van der Waals surface area contributed by atoms with Gasteiger partial charge in [-0.1, -0.05) is 64.1 Å². The predicted molar refractivity (Wildman–Crippen MR) is 72.4 cm³/mol. The van der Waals surface area contributed by atoms with Crippen LogP contribution in [0.5, 0.6) is 0 Å². The third-order valence-electron chi connectivity index (χ3n) is 1.73. The first-order valence-corrected chi connectivity index (χ1v) is 5.93. The standard InChI is InChI=1S/C11H9N.2C2H6/c1-2-6-10(7-3-1)11-8-4-5-9-12-11;2*1-2/h1-9H;2*1-2H3. The summed E-state index contributed by atoms with van der Waals surface area (Å²) in [6.45, 7) is 8.00. The Hall–Kier alpha value is -1.63. The molecule has 1 aromatic heterocycles. The van der Waals surface area contributed by atoms with Gasteiger partial charge in [-0.2, -0.15) is 0 Å². The lowest BCUT2D eigenvalue weighted by atomic mass is 10.1. The predicted octanol–water partition coefficient (Wildman–Crippen LogP) is 4.80. The molecule has 0 radical (unpaired) electrons. The Morgan fingerprint density at radius 3 is 1.75 bits per heavy atom. The van der Waals surface area contributed by atoms with Crippen molar-refractivity contribution in [2.24, 2.45) is 0 Å². The van der Waals surface area contributed by atoms with Crippen molar-refractivity contribution in [3.63, 3.8) is 0 Å². The van der Waals surface area contributed by atoms with Crippen LogP contribution in [0.15, 0.2) is 54.7 Å². The van der Waals surface area contributed by atoms with Crippen LogP contribution < -0.4 is 0 Å². The highest BCUT2D eigenvalue weighted by Gasteiger charge is 1.93. The summed E-state index contributed by atoms with van der Waals surface area (Å²) >= 11 is 0. The van der Waals surface area contributed by atoms with E-state index in [1.165, 1.54) is 0 Å². The molecule has 0 fully saturated rings. The lowest BCUT2D eigenvalue weighted by Crippen LogP contribution is -1.79. The van der Waals surface area contributed by atoms with E-state index in [0.29, 0.717) is 0 Å². The minimum absolute atomic E-state index is 1.03. The van der Waals surface area contributed by atoms with Crippen molar-refractivity contribution in [2.45, 2.75) is 27.7 Å². The number of pyridine rings is 1. The summed E-state index contributed by atoms with van der Waals surface area (Å²) in [6, 6.07) is 16.1. The van der Waals surface area contributed by atoms with Crippen LogP contribution in [0, 0.1) is 0 Å². The molecule has 1 aromatic carbocycles. The fourth-order valence-corrected chi connectivity index (χ4v) is 1.14. The molecule has 86 valence electrons. The smallest absolute Gasteiger partial charge is 0.0701 e. The molecule has 2 aromatic rings. The second-order valence-electron chi connectivity index (χ2n) is 2.58. The maximum Gasteiger partial charge on any atom is 0.0701 e. The van der Waals surface area contributed by atoms with Gasteiger partial charge in [0.1, 0.15) is 0 Å². The van der Waals surface area contributed by atoms with Crippen LogP contribution in [0.1, 0.15) is 27.7 Å². The average Bonchev–Trinajstić information content (AvgIpc) is 2.45. The normalized spacial score (nSPS) is 8.00. The summed E-state index contributed by atoms with van der Waals surface area (Å²) in [5, 5.41) is 0. The first-order chi connectivity index (χ1) is 7.97. The van der Waals surface area contributed by atoms with E-state index in [1.54, 1.807) is 0 Å². The summed E-state index contributed by atoms with van der Waals surface area (Å²) in [5.41, 5.74) is 2.19. The van der Waals surface area contributed by atoms with Crippen LogP contribution in [0.2, 0.25) is 0 Å². The van der Waals surface area contributed by atoms with Gasteiger partial charge in [-0.25, -0.2) is 0 Å². The largest absolute Gasteiger partial charge is 0.256 e. The minimum Gasteiger partial charge on any atom is -0.256 e. The fourth-order valence-electron chi connectivity index (χ4n) is 1.14. The van der Waals surface area contributed by atoms with E-state index in [2.05, 4.69) is 17.1 Å². The summed E-state index contributed by atoms with van der Waals surface area (Å²) in [4.78, 5) is 4.25. The third-order valence-corrected chi connectivity index (χ3v) is 1.73. The third kappa shape index (κ3) is 4.74. The Kier molecular flexibility index (Phi) is 8.90. The zero-order valence-corrected chi connectivity index (χ0v) is 10.6. The second-order valence-corrected chi connectivity index (χ2v) is 2.58. The van der Waals surface area contributed by atoms with Crippen molar-refractivity contribution in [1.29, 1.82) is 0 Å². The Balaban J connectivity index is 0.000000509. The van der Waals surface area contributed by atoms with Gasteiger partial charge in [-0.3, -0.25) is 4.98 Å². The average molecular weight is 215 g/mol. The van der Waals surface area contributed by atoms with Crippen molar-refractivity contribution in [2.75, 3.05) is 0 Å². The molecular formula is C15H21N. The molecule has 0 aliphatic carbocycles. The summed E-state index contributed by atoms with van der Waals surface area (Å²) in [7, 11) is 0. The lowest BCUT2D eigenvalue weighted by Gasteiger charge is -1.97. The Bertz CT molecular complexity index is 303. The number of benzene rings is 1. The van der Waals surface area contributed by atoms with Gasteiger partial charge in [0.25, 0.3) is 0 Å². The highest BCUT2D eigenvalue weighted by Crippen LogP contribution is 2.14. The van der Waals surface area contributed by atoms with E-state index in [-0.39, 0.29) is 0 Å². The summed E-state index contributed by atoms with van der Waals surface area (Å²) < 4.78 is 0. The van der Waals surface area contributed by atoms with E-state index in [0.717, 1.165) is 11.3 Å². The number of aromatic nitrogens is 1. The highest BCUT2D eigenvalue weighted by molar-refractivity contribution is 5.58. The van der Waals surface area contributed by atoms with Gasteiger partial charge >= 0.3 is 0 Å². The van der Waals surface area contributed by atoms with Gasteiger partial charge in [0.15, 0.2) is 0 Å². The van der Waals surface area contributed by atoms with Gasteiger partial charge in [0, 0.05) is 11.8 Å². The van der Waals surface area contributed by atoms with Crippen molar-refractivity contribution < 1.29 is 0 Å². The molecule has 0 N–H and O–H groups in total. The van der Waals surface area contributed by atoms with E-state index >= 15 is 0 Å². The van der Waals surface area contributed by atoms with Crippen molar-refractivity contribution in [1.82, 2.24) is 4.98 Å². The number of hydrogen-bond acceptors (Lipinski definition) is 1. The first-order valence-electron chi connectivity index (χ1n) is 5.93. The van der Waals surface area contributed by atoms with E-state index < -0.39 is 0 Å². The lowest BCUT2D eigenvalue weighted by molar-refractivity contribution is 1.33. The molecule has 0 amide bonds. The van der Waals surface area contributed by atoms with E-state index in [4.69, 9.17) is 0 Å². The van der Waals surface area contributed by atoms with Crippen LogP contribution in [0.4, 0.5) is 0 Å². The van der Waals surface area contributed by atoms with Crippen LogP contribution in [0.3, 0.4) is 0 Å². The molecule has 2 rings (SSSR count). The van der Waals surface area contributed by atoms with Crippen LogP contribution in [0.25, 0.3) is 11.3 Å². The zero-order chi connectivity index (χ0) is 12.2. The fraction of sp³-hybridized carbons (Fsp3) is 0.267. The number of nitrogens with zero attached hydrogens (tertiary/aromatic N) is 1. The number of hydrogen-bond donors (Lipinski definition) is 0. The SMILES string of the molecule is CC.CC.c1ccc(-c2ccccn2)cc1. The first kappa shape index (κ1) is 14.4. The maximum absolute atomic E-state index is 4.25. The Labute approximate surface area is 99.2 Å². The molecule has 0 atom stereocenters. The van der Waals surface area contributed by atoms with Crippen LogP contribution in [-0.2, 0) is 0 Å². The van der Waals surface area contributed by atoms with E-state index in [9.17, 15) is 0 Å². The zero-order valence-electron chi connectivity index (χ0n) is 10.6. The Morgan fingerprint density at radius 1 is 0.688 bits per heavy atom. The van der Waals surface area contributed by atoms with Crippen LogP contribution in [-0.4, -0.2) is 4.98 Å². The summed E-state index contributed by atoms with van der Waals surface area (Å²) in [5.74, 6) is 0. The minimum atomic E-state index is 1.03. The molecule has 1 nitrogen and oxygen atoms in total. The molecule has 0 spiro atoms. The summed E-state index contributed by atoms with van der Waals surface area (Å²) in [6.07, 6.45) is 1.81. The molecule has 0 unspecified atom stereocenters. The molecular weight excluding hydrogens is 194 g/mol. The topological polar surface area (TPSA) is 12.9 Å². The van der Waals surface area contributed by atoms with Crippen LogP contribution >= 0.6 is 0 Å². The van der Waals surface area contributed by atoms with Gasteiger partial charge in [-0.15, -0.1) is 0 Å². The van der Waals surface area contributed by atoms with E-state index in [1.807, 2.05) is 70.3 Å². The van der Waals surface area contributed by atoms with Gasteiger partial charge in [0.2, 0.25) is 0 Å². The van der Waals surface area contributed by atoms with Gasteiger partial charge in [-0.05, 0) is 12.1 Å².